The molecule has 0 spiro atoms. The van der Waals surface area contributed by atoms with E-state index in [2.05, 4.69) is 16.8 Å². The Morgan fingerprint density at radius 2 is 1.94 bits per heavy atom. The minimum atomic E-state index is -0.252. The van der Waals surface area contributed by atoms with Crippen LogP contribution in [0, 0.1) is 18.7 Å². The van der Waals surface area contributed by atoms with Crippen molar-refractivity contribution in [3.05, 3.63) is 83.2 Å². The zero-order valence-corrected chi connectivity index (χ0v) is 19.9. The number of aryl methyl sites for hydroxylation is 1. The smallest absolute Gasteiger partial charge is 0.250 e. The molecule has 5 rings (SSSR count). The zero-order chi connectivity index (χ0) is 23.8. The van der Waals surface area contributed by atoms with E-state index in [0.29, 0.717) is 5.92 Å². The number of carbonyl (C=O) groups excluding carboxylic acids is 1. The van der Waals surface area contributed by atoms with Gasteiger partial charge in [-0.2, -0.15) is 0 Å². The number of amides is 1. The van der Waals surface area contributed by atoms with Gasteiger partial charge in [-0.15, -0.1) is 0 Å². The predicted molar refractivity (Wildman–Crippen MR) is 130 cm³/mol. The van der Waals surface area contributed by atoms with Crippen LogP contribution in [-0.2, 0) is 4.79 Å². The first-order chi connectivity index (χ1) is 16.4. The monoisotopic (exact) mass is 459 g/mol. The summed E-state index contributed by atoms with van der Waals surface area (Å²) in [6.07, 6.45) is 9.33. The summed E-state index contributed by atoms with van der Waals surface area (Å²) in [6, 6.07) is 12.8. The van der Waals surface area contributed by atoms with Crippen LogP contribution in [0.1, 0.15) is 55.5 Å². The fourth-order valence-electron chi connectivity index (χ4n) is 5.45. The van der Waals surface area contributed by atoms with Crippen LogP contribution in [0.15, 0.2) is 60.6 Å². The van der Waals surface area contributed by atoms with Crippen LogP contribution in [0.2, 0.25) is 0 Å². The molecule has 0 unspecified atom stereocenters. The van der Waals surface area contributed by atoms with Crippen molar-refractivity contribution in [1.29, 1.82) is 0 Å². The van der Waals surface area contributed by atoms with Crippen molar-refractivity contribution in [2.24, 2.45) is 5.92 Å². The van der Waals surface area contributed by atoms with E-state index in [9.17, 15) is 9.18 Å². The molecule has 3 atom stereocenters. The van der Waals surface area contributed by atoms with Crippen molar-refractivity contribution in [3.8, 4) is 11.4 Å². The van der Waals surface area contributed by atoms with E-state index >= 15 is 0 Å². The number of ether oxygens (including phenoxy) is 1. The van der Waals surface area contributed by atoms with Crippen LogP contribution in [-0.4, -0.2) is 33.5 Å². The quantitative estimate of drug-likeness (QED) is 0.458. The number of fused-ring (bicyclic) bond motifs is 1. The molecule has 6 heteroatoms. The van der Waals surface area contributed by atoms with E-state index < -0.39 is 0 Å². The number of rotatable bonds is 4. The number of halogens is 1. The summed E-state index contributed by atoms with van der Waals surface area (Å²) < 4.78 is 21.1. The van der Waals surface area contributed by atoms with Crippen molar-refractivity contribution in [2.75, 3.05) is 7.11 Å². The molecule has 2 aromatic carbocycles. The summed E-state index contributed by atoms with van der Waals surface area (Å²) in [5.41, 5.74) is 4.59. The third-order valence-corrected chi connectivity index (χ3v) is 7.07. The van der Waals surface area contributed by atoms with Gasteiger partial charge in [0, 0.05) is 17.8 Å². The van der Waals surface area contributed by atoms with E-state index in [1.54, 1.807) is 13.4 Å². The number of nitrogens with zero attached hydrogens (tertiary/aromatic N) is 3. The second-order valence-electron chi connectivity index (χ2n) is 9.57. The van der Waals surface area contributed by atoms with Gasteiger partial charge in [0.15, 0.2) is 0 Å². The number of aromatic nitrogens is 2. The Balaban J connectivity index is 1.45. The summed E-state index contributed by atoms with van der Waals surface area (Å²) in [5, 5.41) is 0. The second-order valence-corrected chi connectivity index (χ2v) is 9.57. The van der Waals surface area contributed by atoms with Crippen LogP contribution in [0.5, 0.6) is 5.75 Å². The summed E-state index contributed by atoms with van der Waals surface area (Å²) >= 11 is 0. The first kappa shape index (κ1) is 22.4. The van der Waals surface area contributed by atoms with Gasteiger partial charge in [-0.05, 0) is 80.0 Å². The molecule has 2 aliphatic heterocycles. The Kier molecular flexibility index (Phi) is 5.98. The lowest BCUT2D eigenvalue weighted by Gasteiger charge is -2.48. The lowest BCUT2D eigenvalue weighted by molar-refractivity contribution is -0.137. The summed E-state index contributed by atoms with van der Waals surface area (Å²) in [6.45, 7) is 4.20. The third-order valence-electron chi connectivity index (χ3n) is 7.07. The minimum absolute atomic E-state index is 0.0213. The fourth-order valence-corrected chi connectivity index (χ4v) is 5.45. The number of hydrogen-bond acceptors (Lipinski definition) is 3. The van der Waals surface area contributed by atoms with Gasteiger partial charge in [-0.25, -0.2) is 9.37 Å². The fraction of sp³-hybridized carbons (Fsp3) is 0.357. The van der Waals surface area contributed by atoms with Gasteiger partial charge in [0.25, 0.3) is 5.91 Å². The highest BCUT2D eigenvalue weighted by Gasteiger charge is 2.41. The molecule has 1 aromatic heterocycles. The number of methoxy groups -OCH3 is 1. The van der Waals surface area contributed by atoms with E-state index in [0.717, 1.165) is 59.5 Å². The molecule has 0 radical (unpaired) electrons. The Morgan fingerprint density at radius 3 is 2.65 bits per heavy atom. The Bertz CT molecular complexity index is 1230. The van der Waals surface area contributed by atoms with Crippen LogP contribution >= 0.6 is 0 Å². The molecule has 3 aromatic rings. The van der Waals surface area contributed by atoms with Gasteiger partial charge in [0.05, 0.1) is 30.9 Å². The number of carbonyl (C=O) groups is 1. The van der Waals surface area contributed by atoms with Crippen molar-refractivity contribution in [1.82, 2.24) is 14.5 Å². The molecular weight excluding hydrogens is 429 g/mol. The number of imidazole rings is 1. The summed E-state index contributed by atoms with van der Waals surface area (Å²) in [4.78, 5) is 20.1. The zero-order valence-electron chi connectivity index (χ0n) is 19.9. The number of benzene rings is 2. The predicted octanol–water partition coefficient (Wildman–Crippen LogP) is 5.87. The van der Waals surface area contributed by atoms with E-state index in [1.807, 2.05) is 54.1 Å². The molecule has 0 N–H and O–H groups in total. The third kappa shape index (κ3) is 4.25. The average molecular weight is 460 g/mol. The minimum Gasteiger partial charge on any atom is -0.495 e. The highest BCUT2D eigenvalue weighted by atomic mass is 19.1. The highest BCUT2D eigenvalue weighted by Crippen LogP contribution is 2.43. The SMILES string of the molecule is COc1cc(C=C2CC[C@H]3C[C@H](C)C[C@H](c4ccc(F)cc4)N3C2=O)ccc1-n1cnc(C)c1. The van der Waals surface area contributed by atoms with E-state index in [1.165, 1.54) is 12.1 Å². The van der Waals surface area contributed by atoms with Gasteiger partial charge in [0.2, 0.25) is 0 Å². The maximum absolute atomic E-state index is 13.7. The number of piperidine rings is 2. The lowest BCUT2D eigenvalue weighted by atomic mass is 9.79. The molecule has 3 heterocycles. The van der Waals surface area contributed by atoms with Gasteiger partial charge >= 0.3 is 0 Å². The Morgan fingerprint density at radius 1 is 1.15 bits per heavy atom. The van der Waals surface area contributed by atoms with Crippen LogP contribution in [0.3, 0.4) is 0 Å². The van der Waals surface area contributed by atoms with Crippen molar-refractivity contribution < 1.29 is 13.9 Å². The number of hydrogen-bond donors (Lipinski definition) is 0. The molecule has 5 nitrogen and oxygen atoms in total. The van der Waals surface area contributed by atoms with Crippen molar-refractivity contribution >= 4 is 12.0 Å². The molecule has 34 heavy (non-hydrogen) atoms. The average Bonchev–Trinajstić information content (AvgIpc) is 3.26. The molecule has 0 bridgehead atoms. The first-order valence-corrected chi connectivity index (χ1v) is 11.9. The molecule has 2 fully saturated rings. The van der Waals surface area contributed by atoms with E-state index in [-0.39, 0.29) is 23.8 Å². The van der Waals surface area contributed by atoms with Crippen LogP contribution in [0.25, 0.3) is 11.8 Å². The first-order valence-electron chi connectivity index (χ1n) is 11.9. The van der Waals surface area contributed by atoms with E-state index in [4.69, 9.17) is 4.74 Å². The maximum Gasteiger partial charge on any atom is 0.250 e. The molecule has 176 valence electrons. The normalized spacial score (nSPS) is 23.8. The molecule has 2 saturated heterocycles. The largest absolute Gasteiger partial charge is 0.495 e. The van der Waals surface area contributed by atoms with Crippen LogP contribution in [0.4, 0.5) is 4.39 Å². The molecular formula is C28H30FN3O2. The van der Waals surface area contributed by atoms with Crippen molar-refractivity contribution in [3.63, 3.8) is 0 Å². The van der Waals surface area contributed by atoms with Crippen molar-refractivity contribution in [2.45, 2.75) is 51.6 Å². The summed E-state index contributed by atoms with van der Waals surface area (Å²) in [7, 11) is 1.65. The van der Waals surface area contributed by atoms with Gasteiger partial charge in [-0.1, -0.05) is 25.1 Å². The molecule has 0 aliphatic carbocycles. The molecule has 0 saturated carbocycles. The van der Waals surface area contributed by atoms with Gasteiger partial charge in [0.1, 0.15) is 11.6 Å². The maximum atomic E-state index is 13.7. The highest BCUT2D eigenvalue weighted by molar-refractivity contribution is 5.99. The molecule has 2 aliphatic rings. The summed E-state index contributed by atoms with van der Waals surface area (Å²) in [5.74, 6) is 1.09. The molecule has 1 amide bonds. The Hall–Kier alpha value is -3.41. The standard InChI is InChI=1S/C28H30FN3O2/c1-18-12-24-10-7-22(28(33)32(24)26(13-18)21-5-8-23(29)9-6-21)14-20-4-11-25(27(15-20)34-3)31-16-19(2)30-17-31/h4-6,8-9,11,14-18,24,26H,7,10,12-13H2,1-3H3/t18-,24-,26+/m0/s1. The Labute approximate surface area is 199 Å². The van der Waals surface area contributed by atoms with Gasteiger partial charge < -0.3 is 14.2 Å². The lowest BCUT2D eigenvalue weighted by Crippen LogP contribution is -2.50. The van der Waals surface area contributed by atoms with Crippen LogP contribution < -0.4 is 4.74 Å². The second kappa shape index (κ2) is 9.09. The van der Waals surface area contributed by atoms with Gasteiger partial charge in [-0.3, -0.25) is 4.79 Å². The topological polar surface area (TPSA) is 47.4 Å².